The van der Waals surface area contributed by atoms with Gasteiger partial charge in [0, 0.05) is 11.6 Å². The Balaban J connectivity index is 2.38. The molecule has 0 fully saturated rings. The molecule has 21 heavy (non-hydrogen) atoms. The van der Waals surface area contributed by atoms with Crippen LogP contribution in [0, 0.1) is 17.5 Å². The quantitative estimate of drug-likeness (QED) is 0.379. The summed E-state index contributed by atoms with van der Waals surface area (Å²) in [6, 6.07) is 5.32. The first kappa shape index (κ1) is 15.2. The lowest BCUT2D eigenvalue weighted by Gasteiger charge is -2.10. The zero-order valence-electron chi connectivity index (χ0n) is 10.3. The molecule has 0 heterocycles. The topological polar surface area (TPSA) is 67.8 Å². The van der Waals surface area contributed by atoms with Crippen molar-refractivity contribution in [1.82, 2.24) is 0 Å². The van der Waals surface area contributed by atoms with Gasteiger partial charge in [0.1, 0.15) is 11.6 Å². The Labute approximate surface area is 125 Å². The van der Waals surface area contributed by atoms with E-state index in [1.165, 1.54) is 12.1 Å². The van der Waals surface area contributed by atoms with E-state index < -0.39 is 29.0 Å². The molecule has 0 unspecified atom stereocenters. The Morgan fingerprint density at radius 2 is 1.71 bits per heavy atom. The van der Waals surface area contributed by atoms with Gasteiger partial charge in [0.25, 0.3) is 0 Å². The van der Waals surface area contributed by atoms with Crippen LogP contribution in [-0.4, -0.2) is 11.0 Å². The second-order valence-corrected chi connectivity index (χ2v) is 4.79. The van der Waals surface area contributed by atoms with Gasteiger partial charge in [-0.1, -0.05) is 5.16 Å². The molecule has 0 saturated heterocycles. The van der Waals surface area contributed by atoms with Gasteiger partial charge in [0.05, 0.1) is 4.47 Å². The molecule has 0 aromatic heterocycles. The number of benzene rings is 2. The van der Waals surface area contributed by atoms with Gasteiger partial charge in [-0.15, -0.1) is 0 Å². The van der Waals surface area contributed by atoms with E-state index in [-0.39, 0.29) is 15.8 Å². The van der Waals surface area contributed by atoms with Gasteiger partial charge in [0.2, 0.25) is 0 Å². The molecule has 0 aliphatic heterocycles. The largest absolute Gasteiger partial charge is 0.451 e. The average Bonchev–Trinajstić information content (AvgIpc) is 2.45. The van der Waals surface area contributed by atoms with Gasteiger partial charge in [-0.25, -0.2) is 13.2 Å². The summed E-state index contributed by atoms with van der Waals surface area (Å²) in [7, 11) is 0. The standard InChI is InChI=1S/C13H8BrF3N2O2/c14-8-2-1-7(5-9(8)15)21-12-10(16)3-6(4-11(12)17)13(18)19-20/h1-5,20H,(H2,18,19). The highest BCUT2D eigenvalue weighted by Gasteiger charge is 2.16. The Bertz CT molecular complexity index is 700. The maximum atomic E-state index is 13.8. The summed E-state index contributed by atoms with van der Waals surface area (Å²) in [5, 5.41) is 11.1. The van der Waals surface area contributed by atoms with Gasteiger partial charge in [-0.05, 0) is 40.2 Å². The fourth-order valence-corrected chi connectivity index (χ4v) is 1.77. The lowest BCUT2D eigenvalue weighted by atomic mass is 10.2. The summed E-state index contributed by atoms with van der Waals surface area (Å²) in [6.45, 7) is 0. The predicted octanol–water partition coefficient (Wildman–Crippen LogP) is 3.75. The van der Waals surface area contributed by atoms with E-state index in [9.17, 15) is 13.2 Å². The lowest BCUT2D eigenvalue weighted by molar-refractivity contribution is 0.318. The monoisotopic (exact) mass is 360 g/mol. The van der Waals surface area contributed by atoms with Gasteiger partial charge >= 0.3 is 0 Å². The number of hydrogen-bond donors (Lipinski definition) is 2. The molecule has 0 radical (unpaired) electrons. The van der Waals surface area contributed by atoms with Crippen molar-refractivity contribution in [3.63, 3.8) is 0 Å². The molecule has 0 atom stereocenters. The Morgan fingerprint density at radius 1 is 1.10 bits per heavy atom. The van der Waals surface area contributed by atoms with Crippen LogP contribution in [0.5, 0.6) is 11.5 Å². The van der Waals surface area contributed by atoms with E-state index >= 15 is 0 Å². The zero-order chi connectivity index (χ0) is 15.6. The summed E-state index contributed by atoms with van der Waals surface area (Å²) >= 11 is 2.95. The van der Waals surface area contributed by atoms with Crippen molar-refractivity contribution in [2.24, 2.45) is 10.9 Å². The first-order valence-corrected chi connectivity index (χ1v) is 6.31. The van der Waals surface area contributed by atoms with Gasteiger partial charge < -0.3 is 15.7 Å². The molecule has 3 N–H and O–H groups in total. The smallest absolute Gasteiger partial charge is 0.198 e. The molecular weight excluding hydrogens is 353 g/mol. The van der Waals surface area contributed by atoms with Gasteiger partial charge in [-0.3, -0.25) is 0 Å². The highest BCUT2D eigenvalue weighted by Crippen LogP contribution is 2.30. The maximum absolute atomic E-state index is 13.8. The summed E-state index contributed by atoms with van der Waals surface area (Å²) in [4.78, 5) is 0. The van der Waals surface area contributed by atoms with E-state index in [0.717, 1.165) is 18.2 Å². The number of nitrogens with two attached hydrogens (primary N) is 1. The van der Waals surface area contributed by atoms with Crippen molar-refractivity contribution in [1.29, 1.82) is 0 Å². The van der Waals surface area contributed by atoms with Gasteiger partial charge in [0.15, 0.2) is 23.2 Å². The first-order valence-electron chi connectivity index (χ1n) is 5.52. The number of nitrogens with zero attached hydrogens (tertiary/aromatic N) is 1. The Hall–Kier alpha value is -2.22. The predicted molar refractivity (Wildman–Crippen MR) is 73.0 cm³/mol. The third-order valence-electron chi connectivity index (χ3n) is 2.51. The number of ether oxygens (including phenoxy) is 1. The molecule has 2 aromatic carbocycles. The molecule has 2 rings (SSSR count). The summed E-state index contributed by atoms with van der Waals surface area (Å²) < 4.78 is 46.1. The Morgan fingerprint density at radius 3 is 2.24 bits per heavy atom. The molecule has 0 aliphatic rings. The van der Waals surface area contributed by atoms with Crippen molar-refractivity contribution in [3.8, 4) is 11.5 Å². The van der Waals surface area contributed by atoms with Crippen LogP contribution in [0.25, 0.3) is 0 Å². The van der Waals surface area contributed by atoms with Crippen LogP contribution in [0.15, 0.2) is 40.0 Å². The average molecular weight is 361 g/mol. The molecule has 2 aromatic rings. The SMILES string of the molecule is N/C(=N/O)c1cc(F)c(Oc2ccc(Br)c(F)c2)c(F)c1. The van der Waals surface area contributed by atoms with Crippen LogP contribution in [0.1, 0.15) is 5.56 Å². The second-order valence-electron chi connectivity index (χ2n) is 3.93. The number of halogens is 4. The second kappa shape index (κ2) is 6.04. The van der Waals surface area contributed by atoms with Gasteiger partial charge in [-0.2, -0.15) is 0 Å². The van der Waals surface area contributed by atoms with Crippen molar-refractivity contribution in [2.45, 2.75) is 0 Å². The first-order chi connectivity index (χ1) is 9.92. The van der Waals surface area contributed by atoms with E-state index in [1.54, 1.807) is 0 Å². The fraction of sp³-hybridized carbons (Fsp3) is 0. The maximum Gasteiger partial charge on any atom is 0.198 e. The summed E-state index contributed by atoms with van der Waals surface area (Å²) in [6.07, 6.45) is 0. The molecule has 110 valence electrons. The zero-order valence-corrected chi connectivity index (χ0v) is 11.9. The number of oxime groups is 1. The van der Waals surface area contributed by atoms with Crippen LogP contribution in [-0.2, 0) is 0 Å². The molecule has 0 saturated carbocycles. The minimum Gasteiger partial charge on any atom is -0.451 e. The summed E-state index contributed by atoms with van der Waals surface area (Å²) in [5.41, 5.74) is 5.09. The van der Waals surface area contributed by atoms with Crippen LogP contribution >= 0.6 is 15.9 Å². The fourth-order valence-electron chi connectivity index (χ4n) is 1.52. The van der Waals surface area contributed by atoms with Crippen molar-refractivity contribution >= 4 is 21.8 Å². The molecule has 4 nitrogen and oxygen atoms in total. The molecule has 0 aliphatic carbocycles. The van der Waals surface area contributed by atoms with Crippen molar-refractivity contribution in [3.05, 3.63) is 57.8 Å². The van der Waals surface area contributed by atoms with Crippen molar-refractivity contribution in [2.75, 3.05) is 0 Å². The highest BCUT2D eigenvalue weighted by molar-refractivity contribution is 9.10. The molecule has 8 heteroatoms. The van der Waals surface area contributed by atoms with Crippen LogP contribution in [0.4, 0.5) is 13.2 Å². The molecule has 0 bridgehead atoms. The highest BCUT2D eigenvalue weighted by atomic mass is 79.9. The number of amidine groups is 1. The van der Waals surface area contributed by atoms with E-state index in [2.05, 4.69) is 21.1 Å². The van der Waals surface area contributed by atoms with Crippen LogP contribution in [0.3, 0.4) is 0 Å². The molecule has 0 amide bonds. The van der Waals surface area contributed by atoms with Crippen LogP contribution in [0.2, 0.25) is 0 Å². The third-order valence-corrected chi connectivity index (χ3v) is 3.16. The number of hydrogen-bond acceptors (Lipinski definition) is 3. The summed E-state index contributed by atoms with van der Waals surface area (Å²) in [5.74, 6) is -4.02. The minimum absolute atomic E-state index is 0.0787. The van der Waals surface area contributed by atoms with Crippen LogP contribution < -0.4 is 10.5 Å². The normalized spacial score (nSPS) is 11.5. The molecular formula is C13H8BrF3N2O2. The van der Waals surface area contributed by atoms with E-state index in [1.807, 2.05) is 0 Å². The lowest BCUT2D eigenvalue weighted by Crippen LogP contribution is -2.14. The number of rotatable bonds is 3. The molecule has 0 spiro atoms. The van der Waals surface area contributed by atoms with Crippen molar-refractivity contribution < 1.29 is 23.1 Å². The van der Waals surface area contributed by atoms with E-state index in [4.69, 9.17) is 15.7 Å². The minimum atomic E-state index is -1.07. The Kier molecular flexibility index (Phi) is 4.37. The third kappa shape index (κ3) is 3.27. The van der Waals surface area contributed by atoms with E-state index in [0.29, 0.717) is 0 Å².